The van der Waals surface area contributed by atoms with Crippen molar-refractivity contribution in [3.8, 4) is 0 Å². The van der Waals surface area contributed by atoms with Gasteiger partial charge in [0.1, 0.15) is 11.3 Å². The van der Waals surface area contributed by atoms with Gasteiger partial charge in [-0.05, 0) is 29.7 Å². The summed E-state index contributed by atoms with van der Waals surface area (Å²) in [5.74, 6) is 1.56. The molecule has 1 saturated carbocycles. The van der Waals surface area contributed by atoms with Crippen LogP contribution < -0.4 is 4.84 Å². The summed E-state index contributed by atoms with van der Waals surface area (Å²) >= 11 is 0. The molecule has 0 unspecified atom stereocenters. The molecule has 0 spiro atoms. The van der Waals surface area contributed by atoms with Crippen molar-refractivity contribution in [2.24, 2.45) is 5.92 Å². The number of hydrogen-bond donors (Lipinski definition) is 0. The fraction of sp³-hybridized carbons (Fsp3) is 0.533. The van der Waals surface area contributed by atoms with Gasteiger partial charge in [-0.25, -0.2) is 4.98 Å². The van der Waals surface area contributed by atoms with Crippen LogP contribution in [0.4, 0.5) is 0 Å². The first kappa shape index (κ1) is 13.1. The van der Waals surface area contributed by atoms with Crippen molar-refractivity contribution >= 4 is 11.2 Å². The first-order valence-corrected chi connectivity index (χ1v) is 7.35. The smallest absolute Gasteiger partial charge is 0.220 e. The van der Waals surface area contributed by atoms with Gasteiger partial charge in [0.2, 0.25) is 5.65 Å². The van der Waals surface area contributed by atoms with Crippen molar-refractivity contribution in [3.05, 3.63) is 30.7 Å². The zero-order chi connectivity index (χ0) is 13.8. The van der Waals surface area contributed by atoms with E-state index in [9.17, 15) is 0 Å². The van der Waals surface area contributed by atoms with Crippen LogP contribution >= 0.6 is 0 Å². The Morgan fingerprint density at radius 2 is 2.20 bits per heavy atom. The Morgan fingerprint density at radius 1 is 1.35 bits per heavy atom. The summed E-state index contributed by atoms with van der Waals surface area (Å²) < 4.78 is 0. The molecule has 0 atom stereocenters. The van der Waals surface area contributed by atoms with Crippen LogP contribution in [0.1, 0.15) is 44.9 Å². The van der Waals surface area contributed by atoms with Gasteiger partial charge in [-0.15, -0.1) is 5.10 Å². The summed E-state index contributed by atoms with van der Waals surface area (Å²) in [6.45, 7) is 3.98. The van der Waals surface area contributed by atoms with E-state index in [1.807, 2.05) is 12.1 Å². The Kier molecular flexibility index (Phi) is 3.95. The van der Waals surface area contributed by atoms with Crippen LogP contribution in [0.5, 0.6) is 0 Å². The summed E-state index contributed by atoms with van der Waals surface area (Å²) in [5.41, 5.74) is 1.36. The number of fused-ring (bicyclic) bond motifs is 1. The quantitative estimate of drug-likeness (QED) is 0.785. The molecule has 0 aliphatic heterocycles. The Bertz CT molecular complexity index is 586. The minimum Gasteiger partial charge on any atom is -0.360 e. The van der Waals surface area contributed by atoms with Gasteiger partial charge in [0, 0.05) is 12.6 Å². The Hall–Kier alpha value is -1.91. The van der Waals surface area contributed by atoms with E-state index in [2.05, 4.69) is 21.9 Å². The van der Waals surface area contributed by atoms with Gasteiger partial charge in [0.05, 0.1) is 0 Å². The Balaban J connectivity index is 1.55. The molecule has 2 heterocycles. The first-order valence-electron chi connectivity index (χ1n) is 7.35. The van der Waals surface area contributed by atoms with E-state index >= 15 is 0 Å². The fourth-order valence-electron chi connectivity index (χ4n) is 2.82. The highest BCUT2D eigenvalue weighted by Crippen LogP contribution is 2.28. The van der Waals surface area contributed by atoms with Crippen LogP contribution in [-0.2, 0) is 0 Å². The summed E-state index contributed by atoms with van der Waals surface area (Å²) in [6.07, 6.45) is 10.6. The highest BCUT2D eigenvalue weighted by atomic mass is 16.7. The van der Waals surface area contributed by atoms with Gasteiger partial charge in [-0.2, -0.15) is 0 Å². The molecule has 0 amide bonds. The average Bonchev–Trinajstić information content (AvgIpc) is 2.90. The maximum Gasteiger partial charge on any atom is 0.220 e. The highest BCUT2D eigenvalue weighted by Gasteiger charge is 2.14. The van der Waals surface area contributed by atoms with E-state index in [4.69, 9.17) is 4.84 Å². The predicted octanol–water partition coefficient (Wildman–Crippen LogP) is 3.13. The third-order valence-electron chi connectivity index (χ3n) is 3.95. The largest absolute Gasteiger partial charge is 0.360 e. The van der Waals surface area contributed by atoms with Crippen LogP contribution in [0, 0.1) is 5.92 Å². The van der Waals surface area contributed by atoms with E-state index in [-0.39, 0.29) is 0 Å². The lowest BCUT2D eigenvalue weighted by Crippen LogP contribution is -2.14. The zero-order valence-corrected chi connectivity index (χ0v) is 11.7. The molecular weight excluding hydrogens is 252 g/mol. The van der Waals surface area contributed by atoms with Gasteiger partial charge >= 0.3 is 0 Å². The van der Waals surface area contributed by atoms with Crippen LogP contribution in [0.3, 0.4) is 0 Å². The first-order chi connectivity index (χ1) is 9.83. The summed E-state index contributed by atoms with van der Waals surface area (Å²) in [6, 6.07) is 3.69. The van der Waals surface area contributed by atoms with E-state index in [0.717, 1.165) is 30.0 Å². The van der Waals surface area contributed by atoms with Gasteiger partial charge in [0.15, 0.2) is 0 Å². The SMILES string of the molecule is C=C(CCC1CCCCC1)On1nnc2cccnc21. The van der Waals surface area contributed by atoms with Gasteiger partial charge in [0.25, 0.3) is 0 Å². The third kappa shape index (κ3) is 2.98. The summed E-state index contributed by atoms with van der Waals surface area (Å²) in [4.78, 5) is 11.2. The lowest BCUT2D eigenvalue weighted by molar-refractivity contribution is 0.139. The molecule has 0 bridgehead atoms. The van der Waals surface area contributed by atoms with Crippen LogP contribution in [0.15, 0.2) is 30.7 Å². The number of allylic oxidation sites excluding steroid dienone is 1. The second-order valence-corrected chi connectivity index (χ2v) is 5.48. The molecule has 20 heavy (non-hydrogen) atoms. The summed E-state index contributed by atoms with van der Waals surface area (Å²) in [5, 5.41) is 7.96. The molecule has 2 aromatic rings. The van der Waals surface area contributed by atoms with Crippen LogP contribution in [0.2, 0.25) is 0 Å². The maximum absolute atomic E-state index is 5.64. The number of hydrogen-bond acceptors (Lipinski definition) is 4. The minimum atomic E-state index is 0.631. The number of nitrogens with zero attached hydrogens (tertiary/aromatic N) is 4. The molecule has 1 aliphatic carbocycles. The topological polar surface area (TPSA) is 52.8 Å². The Labute approximate surface area is 118 Å². The van der Waals surface area contributed by atoms with Crippen LogP contribution in [-0.4, -0.2) is 20.1 Å². The van der Waals surface area contributed by atoms with Crippen molar-refractivity contribution in [3.63, 3.8) is 0 Å². The zero-order valence-electron chi connectivity index (χ0n) is 11.7. The van der Waals surface area contributed by atoms with Crippen molar-refractivity contribution in [1.29, 1.82) is 0 Å². The lowest BCUT2D eigenvalue weighted by atomic mass is 9.86. The third-order valence-corrected chi connectivity index (χ3v) is 3.95. The summed E-state index contributed by atoms with van der Waals surface area (Å²) in [7, 11) is 0. The van der Waals surface area contributed by atoms with E-state index in [1.165, 1.54) is 36.9 Å². The molecule has 1 fully saturated rings. The van der Waals surface area contributed by atoms with Crippen molar-refractivity contribution in [2.45, 2.75) is 44.9 Å². The predicted molar refractivity (Wildman–Crippen MR) is 76.9 cm³/mol. The van der Waals surface area contributed by atoms with E-state index < -0.39 is 0 Å². The standard InChI is InChI=1S/C15H20N4O/c1-12(9-10-13-6-3-2-4-7-13)20-19-15-14(17-18-19)8-5-11-16-15/h5,8,11,13H,1-4,6-7,9-10H2. The molecule has 5 heteroatoms. The molecule has 0 N–H and O–H groups in total. The normalized spacial score (nSPS) is 16.4. The molecular formula is C15H20N4O. The average molecular weight is 272 g/mol. The molecule has 2 aromatic heterocycles. The highest BCUT2D eigenvalue weighted by molar-refractivity contribution is 5.68. The van der Waals surface area contributed by atoms with Gasteiger partial charge in [-0.1, -0.05) is 43.5 Å². The molecule has 0 saturated heterocycles. The van der Waals surface area contributed by atoms with Crippen LogP contribution in [0.25, 0.3) is 11.2 Å². The molecule has 0 radical (unpaired) electrons. The maximum atomic E-state index is 5.64. The van der Waals surface area contributed by atoms with Crippen molar-refractivity contribution < 1.29 is 4.84 Å². The second-order valence-electron chi connectivity index (χ2n) is 5.48. The molecule has 1 aliphatic rings. The van der Waals surface area contributed by atoms with Crippen molar-refractivity contribution in [2.75, 3.05) is 0 Å². The van der Waals surface area contributed by atoms with Gasteiger partial charge < -0.3 is 4.84 Å². The number of aromatic nitrogens is 4. The van der Waals surface area contributed by atoms with E-state index in [0.29, 0.717) is 5.65 Å². The molecule has 3 rings (SSSR count). The fourth-order valence-corrected chi connectivity index (χ4v) is 2.82. The van der Waals surface area contributed by atoms with Gasteiger partial charge in [-0.3, -0.25) is 0 Å². The number of rotatable bonds is 5. The molecule has 5 nitrogen and oxygen atoms in total. The molecule has 106 valence electrons. The molecule has 0 aromatic carbocycles. The van der Waals surface area contributed by atoms with Crippen molar-refractivity contribution in [1.82, 2.24) is 20.1 Å². The Morgan fingerprint density at radius 3 is 3.05 bits per heavy atom. The minimum absolute atomic E-state index is 0.631. The lowest BCUT2D eigenvalue weighted by Gasteiger charge is -2.21. The number of pyridine rings is 1. The second kappa shape index (κ2) is 6.03. The monoisotopic (exact) mass is 272 g/mol. The van der Waals surface area contributed by atoms with E-state index in [1.54, 1.807) is 6.20 Å².